The quantitative estimate of drug-likeness (QED) is 0.771. The second kappa shape index (κ2) is 4.28. The molecule has 0 fully saturated rings. The van der Waals surface area contributed by atoms with Gasteiger partial charge in [0.2, 0.25) is 0 Å². The highest BCUT2D eigenvalue weighted by Crippen LogP contribution is 2.21. The lowest BCUT2D eigenvalue weighted by atomic mass is 10.2. The average molecular weight is 255 g/mol. The van der Waals surface area contributed by atoms with Crippen molar-refractivity contribution in [2.45, 2.75) is 6.92 Å². The summed E-state index contributed by atoms with van der Waals surface area (Å²) in [5.41, 5.74) is 1.85. The van der Waals surface area contributed by atoms with Gasteiger partial charge in [0.25, 0.3) is 0 Å². The molecule has 1 heterocycles. The summed E-state index contributed by atoms with van der Waals surface area (Å²) in [4.78, 5) is 10.9. The van der Waals surface area contributed by atoms with Crippen LogP contribution >= 0.6 is 23.2 Å². The summed E-state index contributed by atoms with van der Waals surface area (Å²) in [6.07, 6.45) is 2.41. The molecule has 0 spiro atoms. The summed E-state index contributed by atoms with van der Waals surface area (Å²) in [6.45, 7) is 1.80. The lowest BCUT2D eigenvalue weighted by Gasteiger charge is -2.04. The van der Waals surface area contributed by atoms with Crippen LogP contribution in [0.25, 0.3) is 5.69 Å². The number of benzene rings is 1. The fourth-order valence-electron chi connectivity index (χ4n) is 1.38. The smallest absolute Gasteiger partial charge is 0.152 e. The predicted octanol–water partition coefficient (Wildman–Crippen LogP) is 3.30. The number of aldehydes is 1. The molecule has 16 heavy (non-hydrogen) atoms. The Morgan fingerprint density at radius 3 is 2.69 bits per heavy atom. The molecular weight excluding hydrogens is 247 g/mol. The molecule has 0 unspecified atom stereocenters. The van der Waals surface area contributed by atoms with E-state index >= 15 is 0 Å². The minimum atomic E-state index is 0.517. The lowest BCUT2D eigenvalue weighted by molar-refractivity contribution is 0.112. The third kappa shape index (κ3) is 1.96. The molecule has 1 aromatic carbocycles. The van der Waals surface area contributed by atoms with Gasteiger partial charge in [0.15, 0.2) is 6.29 Å². The molecule has 0 saturated heterocycles. The van der Waals surface area contributed by atoms with Gasteiger partial charge >= 0.3 is 0 Å². The Bertz CT molecular complexity index is 529. The van der Waals surface area contributed by atoms with Gasteiger partial charge in [0.05, 0.1) is 16.4 Å². The Morgan fingerprint density at radius 1 is 1.38 bits per heavy atom. The van der Waals surface area contributed by atoms with Gasteiger partial charge in [-0.05, 0) is 25.1 Å². The molecular formula is C11H8Cl2N2O. The van der Waals surface area contributed by atoms with Gasteiger partial charge in [-0.15, -0.1) is 0 Å². The molecule has 82 valence electrons. The maximum atomic E-state index is 10.9. The largest absolute Gasteiger partial charge is 0.298 e. The van der Waals surface area contributed by atoms with Crippen molar-refractivity contribution in [3.05, 3.63) is 45.7 Å². The first-order valence-electron chi connectivity index (χ1n) is 4.58. The lowest BCUT2D eigenvalue weighted by Crippen LogP contribution is -1.99. The first-order valence-corrected chi connectivity index (χ1v) is 5.34. The second-order valence-corrected chi connectivity index (χ2v) is 4.17. The van der Waals surface area contributed by atoms with Crippen molar-refractivity contribution < 1.29 is 4.79 Å². The number of hydrogen-bond acceptors (Lipinski definition) is 2. The van der Waals surface area contributed by atoms with Gasteiger partial charge in [0, 0.05) is 16.8 Å². The first-order chi connectivity index (χ1) is 7.61. The summed E-state index contributed by atoms with van der Waals surface area (Å²) >= 11 is 11.8. The van der Waals surface area contributed by atoms with Crippen molar-refractivity contribution in [3.63, 3.8) is 0 Å². The molecule has 0 aliphatic carbocycles. The monoisotopic (exact) mass is 254 g/mol. The van der Waals surface area contributed by atoms with Crippen LogP contribution < -0.4 is 0 Å². The number of aryl methyl sites for hydroxylation is 1. The molecule has 0 atom stereocenters. The number of aromatic nitrogens is 2. The van der Waals surface area contributed by atoms with E-state index in [1.54, 1.807) is 36.0 Å². The van der Waals surface area contributed by atoms with Crippen LogP contribution in [0.15, 0.2) is 24.4 Å². The summed E-state index contributed by atoms with van der Waals surface area (Å²) in [6, 6.07) is 4.98. The summed E-state index contributed by atoms with van der Waals surface area (Å²) < 4.78 is 1.55. The highest BCUT2D eigenvalue weighted by molar-refractivity contribution is 6.31. The van der Waals surface area contributed by atoms with Crippen LogP contribution in [0.4, 0.5) is 0 Å². The van der Waals surface area contributed by atoms with Crippen LogP contribution in [0, 0.1) is 6.92 Å². The molecule has 2 aromatic rings. The van der Waals surface area contributed by atoms with Gasteiger partial charge in [0.1, 0.15) is 0 Å². The fraction of sp³-hybridized carbons (Fsp3) is 0.0909. The molecule has 1 aromatic heterocycles. The first kappa shape index (κ1) is 11.2. The van der Waals surface area contributed by atoms with Crippen LogP contribution in [0.2, 0.25) is 10.0 Å². The Hall–Kier alpha value is -1.32. The molecule has 2 rings (SSSR count). The van der Waals surface area contributed by atoms with Crippen LogP contribution in [0.5, 0.6) is 0 Å². The van der Waals surface area contributed by atoms with Crippen molar-refractivity contribution in [1.82, 2.24) is 9.78 Å². The maximum Gasteiger partial charge on any atom is 0.152 e. The zero-order valence-electron chi connectivity index (χ0n) is 8.45. The Labute approximate surface area is 103 Å². The number of halogens is 2. The van der Waals surface area contributed by atoms with Crippen molar-refractivity contribution in [3.8, 4) is 5.69 Å². The van der Waals surface area contributed by atoms with Crippen molar-refractivity contribution in [2.75, 3.05) is 0 Å². The van der Waals surface area contributed by atoms with E-state index in [1.165, 1.54) is 0 Å². The standard InChI is InChI=1S/C11H8Cl2N2O/c1-7-10(13)5-15(14-7)11-4-9(12)3-2-8(11)6-16/h2-6H,1H3. The zero-order chi connectivity index (χ0) is 11.7. The maximum absolute atomic E-state index is 10.9. The molecule has 0 radical (unpaired) electrons. The van der Waals surface area contributed by atoms with E-state index < -0.39 is 0 Å². The zero-order valence-corrected chi connectivity index (χ0v) is 9.96. The van der Waals surface area contributed by atoms with Crippen molar-refractivity contribution in [1.29, 1.82) is 0 Å². The number of hydrogen-bond donors (Lipinski definition) is 0. The van der Waals surface area contributed by atoms with Gasteiger partial charge < -0.3 is 0 Å². The highest BCUT2D eigenvalue weighted by Gasteiger charge is 2.08. The third-order valence-electron chi connectivity index (χ3n) is 2.21. The molecule has 5 heteroatoms. The summed E-state index contributed by atoms with van der Waals surface area (Å²) in [7, 11) is 0. The van der Waals surface area contributed by atoms with Crippen LogP contribution in [-0.2, 0) is 0 Å². The Kier molecular flexibility index (Phi) is 2.99. The normalized spacial score (nSPS) is 10.4. The number of rotatable bonds is 2. The van der Waals surface area contributed by atoms with Crippen molar-refractivity contribution >= 4 is 29.5 Å². The van der Waals surface area contributed by atoms with Crippen molar-refractivity contribution in [2.24, 2.45) is 0 Å². The molecule has 0 aliphatic rings. The van der Waals surface area contributed by atoms with Gasteiger partial charge in [-0.25, -0.2) is 4.68 Å². The Balaban J connectivity index is 2.62. The summed E-state index contributed by atoms with van der Waals surface area (Å²) in [5.74, 6) is 0. The molecule has 0 aliphatic heterocycles. The molecule has 3 nitrogen and oxygen atoms in total. The van der Waals surface area contributed by atoms with Gasteiger partial charge in [-0.1, -0.05) is 23.2 Å². The van der Waals surface area contributed by atoms with Gasteiger partial charge in [-0.2, -0.15) is 5.10 Å². The second-order valence-electron chi connectivity index (χ2n) is 3.33. The number of nitrogens with zero attached hydrogens (tertiary/aromatic N) is 2. The van der Waals surface area contributed by atoms with Crippen LogP contribution in [-0.4, -0.2) is 16.1 Å². The van der Waals surface area contributed by atoms with Crippen LogP contribution in [0.3, 0.4) is 0 Å². The number of carbonyl (C=O) groups is 1. The molecule has 0 bridgehead atoms. The van der Waals surface area contributed by atoms with E-state index in [0.717, 1.165) is 6.29 Å². The van der Waals surface area contributed by atoms with E-state index in [2.05, 4.69) is 5.10 Å². The topological polar surface area (TPSA) is 34.9 Å². The molecule has 0 saturated carbocycles. The number of carbonyl (C=O) groups excluding carboxylic acids is 1. The molecule has 0 amide bonds. The average Bonchev–Trinajstić information content (AvgIpc) is 2.59. The predicted molar refractivity (Wildman–Crippen MR) is 63.7 cm³/mol. The van der Waals surface area contributed by atoms with E-state index in [9.17, 15) is 4.79 Å². The Morgan fingerprint density at radius 2 is 2.12 bits per heavy atom. The SMILES string of the molecule is Cc1nn(-c2cc(Cl)ccc2C=O)cc1Cl. The van der Waals surface area contributed by atoms with E-state index in [0.29, 0.717) is 27.0 Å². The van der Waals surface area contributed by atoms with E-state index in [-0.39, 0.29) is 0 Å². The summed E-state index contributed by atoms with van der Waals surface area (Å²) in [5, 5.41) is 5.30. The minimum Gasteiger partial charge on any atom is -0.298 e. The van der Waals surface area contributed by atoms with E-state index in [1.807, 2.05) is 0 Å². The minimum absolute atomic E-state index is 0.517. The third-order valence-corrected chi connectivity index (χ3v) is 2.81. The van der Waals surface area contributed by atoms with E-state index in [4.69, 9.17) is 23.2 Å². The van der Waals surface area contributed by atoms with Crippen LogP contribution in [0.1, 0.15) is 16.1 Å². The van der Waals surface area contributed by atoms with Gasteiger partial charge in [-0.3, -0.25) is 4.79 Å². The molecule has 0 N–H and O–H groups in total. The fourth-order valence-corrected chi connectivity index (χ4v) is 1.67. The highest BCUT2D eigenvalue weighted by atomic mass is 35.5.